The van der Waals surface area contributed by atoms with Gasteiger partial charge in [-0.05, 0) is 40.9 Å². The van der Waals surface area contributed by atoms with Crippen LogP contribution >= 0.6 is 15.9 Å². The highest BCUT2D eigenvalue weighted by Gasteiger charge is 2.41. The monoisotopic (exact) mass is 453 g/mol. The Morgan fingerprint density at radius 2 is 1.54 bits per heavy atom. The molecule has 146 valence electrons. The molecule has 1 aromatic carbocycles. The summed E-state index contributed by atoms with van der Waals surface area (Å²) in [6, 6.07) is 10.3. The highest BCUT2D eigenvalue weighted by molar-refractivity contribution is 9.10. The summed E-state index contributed by atoms with van der Waals surface area (Å²) in [6.45, 7) is 14.0. The Kier molecular flexibility index (Phi) is 6.11. The van der Waals surface area contributed by atoms with Crippen LogP contribution in [0.25, 0.3) is 16.9 Å². The molecule has 0 saturated heterocycles. The van der Waals surface area contributed by atoms with Crippen molar-refractivity contribution in [2.75, 3.05) is 0 Å². The van der Waals surface area contributed by atoms with Gasteiger partial charge in [-0.1, -0.05) is 69.5 Å². The van der Waals surface area contributed by atoms with Crippen LogP contribution in [0.15, 0.2) is 47.2 Å². The minimum absolute atomic E-state index is 0.597. The van der Waals surface area contributed by atoms with Crippen molar-refractivity contribution in [1.82, 2.24) is 14.5 Å². The molecule has 0 aliphatic rings. The topological polar surface area (TPSA) is 30.7 Å². The second kappa shape index (κ2) is 8.22. The van der Waals surface area contributed by atoms with Crippen molar-refractivity contribution in [3.63, 3.8) is 0 Å². The van der Waals surface area contributed by atoms with Gasteiger partial charge in [-0.3, -0.25) is 4.57 Å². The summed E-state index contributed by atoms with van der Waals surface area (Å²) in [7, 11) is -1.82. The zero-order chi connectivity index (χ0) is 20.5. The van der Waals surface area contributed by atoms with Crippen molar-refractivity contribution in [2.45, 2.75) is 58.2 Å². The van der Waals surface area contributed by atoms with Crippen molar-refractivity contribution < 1.29 is 0 Å². The van der Waals surface area contributed by atoms with E-state index < -0.39 is 8.07 Å². The molecule has 0 fully saturated rings. The first-order valence-electron chi connectivity index (χ1n) is 9.89. The molecule has 28 heavy (non-hydrogen) atoms. The molecular weight excluding hydrogens is 426 g/mol. The van der Waals surface area contributed by atoms with Gasteiger partial charge >= 0.3 is 0 Å². The van der Waals surface area contributed by atoms with Gasteiger partial charge in [-0.25, -0.2) is 9.97 Å². The van der Waals surface area contributed by atoms with Crippen LogP contribution in [0.2, 0.25) is 16.6 Å². The average Bonchev–Trinajstić information content (AvgIpc) is 2.99. The first-order chi connectivity index (χ1) is 13.3. The van der Waals surface area contributed by atoms with Gasteiger partial charge in [0.25, 0.3) is 0 Å². The molecule has 0 aliphatic carbocycles. The molecule has 0 spiro atoms. The summed E-state index contributed by atoms with van der Waals surface area (Å²) in [6.07, 6.45) is 3.55. The molecular formula is C23H28BrN3Si. The van der Waals surface area contributed by atoms with Gasteiger partial charge in [-0.15, -0.1) is 5.54 Å². The van der Waals surface area contributed by atoms with E-state index >= 15 is 0 Å². The SMILES string of the molecule is CC(C)[Si](C#Cc1cc2ccc(Br)cc2n1-c1ncccn1)(C(C)C)C(C)C. The molecule has 3 nitrogen and oxygen atoms in total. The second-order valence-corrected chi connectivity index (χ2v) is 14.8. The van der Waals surface area contributed by atoms with Gasteiger partial charge in [0.15, 0.2) is 0 Å². The van der Waals surface area contributed by atoms with Gasteiger partial charge in [0.2, 0.25) is 5.95 Å². The molecule has 2 heterocycles. The van der Waals surface area contributed by atoms with E-state index in [4.69, 9.17) is 0 Å². The highest BCUT2D eigenvalue weighted by atomic mass is 79.9. The Labute approximate surface area is 177 Å². The lowest BCUT2D eigenvalue weighted by atomic mass is 10.2. The molecule has 0 radical (unpaired) electrons. The minimum atomic E-state index is -1.82. The van der Waals surface area contributed by atoms with Gasteiger partial charge in [0.1, 0.15) is 8.07 Å². The van der Waals surface area contributed by atoms with Crippen LogP contribution in [0.5, 0.6) is 0 Å². The largest absolute Gasteiger partial charge is 0.271 e. The number of hydrogen-bond donors (Lipinski definition) is 0. The summed E-state index contributed by atoms with van der Waals surface area (Å²) in [5, 5.41) is 1.14. The normalized spacial score (nSPS) is 12.1. The molecule has 0 amide bonds. The van der Waals surface area contributed by atoms with E-state index in [2.05, 4.69) is 108 Å². The Bertz CT molecular complexity index is 1000. The number of benzene rings is 1. The standard InChI is InChI=1S/C23H28BrN3Si/c1-16(2)28(17(3)4,18(5)6)13-10-21-14-19-8-9-20(24)15-22(19)27(21)23-25-11-7-12-26-23/h7-9,11-12,14-18H,1-6H3. The fraction of sp³-hybridized carbons (Fsp3) is 0.391. The van der Waals surface area contributed by atoms with E-state index in [-0.39, 0.29) is 0 Å². The zero-order valence-electron chi connectivity index (χ0n) is 17.5. The number of nitrogens with zero attached hydrogens (tertiary/aromatic N) is 3. The maximum Gasteiger partial charge on any atom is 0.235 e. The molecule has 0 bridgehead atoms. The van der Waals surface area contributed by atoms with Gasteiger partial charge in [-0.2, -0.15) is 0 Å². The Morgan fingerprint density at radius 3 is 2.11 bits per heavy atom. The number of hydrogen-bond acceptors (Lipinski definition) is 2. The summed E-state index contributed by atoms with van der Waals surface area (Å²) >= 11 is 3.59. The predicted octanol–water partition coefficient (Wildman–Crippen LogP) is 6.75. The summed E-state index contributed by atoms with van der Waals surface area (Å²) in [4.78, 5) is 8.98. The average molecular weight is 454 g/mol. The van der Waals surface area contributed by atoms with Gasteiger partial charge < -0.3 is 0 Å². The number of halogens is 1. The van der Waals surface area contributed by atoms with Crippen molar-refractivity contribution in [3.05, 3.63) is 52.9 Å². The van der Waals surface area contributed by atoms with Crippen LogP contribution < -0.4 is 0 Å². The molecule has 0 atom stereocenters. The third kappa shape index (κ3) is 3.68. The Balaban J connectivity index is 2.27. The van der Waals surface area contributed by atoms with Crippen molar-refractivity contribution in [3.8, 4) is 17.4 Å². The summed E-state index contributed by atoms with van der Waals surface area (Å²) in [5.74, 6) is 4.24. The van der Waals surface area contributed by atoms with Crippen molar-refractivity contribution in [1.29, 1.82) is 0 Å². The number of rotatable bonds is 4. The lowest BCUT2D eigenvalue weighted by Gasteiger charge is -2.38. The Morgan fingerprint density at radius 1 is 0.929 bits per heavy atom. The molecule has 0 unspecified atom stereocenters. The van der Waals surface area contributed by atoms with E-state index in [0.717, 1.165) is 21.1 Å². The second-order valence-electron chi connectivity index (χ2n) is 8.26. The summed E-state index contributed by atoms with van der Waals surface area (Å²) in [5.41, 5.74) is 7.65. The van der Waals surface area contributed by atoms with E-state index in [1.807, 2.05) is 6.07 Å². The van der Waals surface area contributed by atoms with Crippen LogP contribution in [-0.2, 0) is 0 Å². The third-order valence-electron chi connectivity index (χ3n) is 5.79. The van der Waals surface area contributed by atoms with Crippen molar-refractivity contribution in [2.24, 2.45) is 0 Å². The summed E-state index contributed by atoms with van der Waals surface area (Å²) < 4.78 is 3.11. The lowest BCUT2D eigenvalue weighted by Crippen LogP contribution is -2.43. The van der Waals surface area contributed by atoms with Gasteiger partial charge in [0.05, 0.1) is 11.2 Å². The maximum atomic E-state index is 4.49. The quantitative estimate of drug-likeness (QED) is 0.322. The fourth-order valence-corrected chi connectivity index (χ4v) is 10.1. The zero-order valence-corrected chi connectivity index (χ0v) is 20.1. The Hall–Kier alpha value is -1.90. The molecule has 0 saturated carbocycles. The minimum Gasteiger partial charge on any atom is -0.271 e. The van der Waals surface area contributed by atoms with Crippen LogP contribution in [0.4, 0.5) is 0 Å². The van der Waals surface area contributed by atoms with Crippen LogP contribution in [-0.4, -0.2) is 22.6 Å². The molecule has 5 heteroatoms. The number of fused-ring (bicyclic) bond motifs is 1. The number of aromatic nitrogens is 3. The molecule has 3 rings (SSSR count). The fourth-order valence-electron chi connectivity index (χ4n) is 4.49. The first-order valence-corrected chi connectivity index (χ1v) is 12.9. The van der Waals surface area contributed by atoms with Crippen LogP contribution in [0.1, 0.15) is 47.2 Å². The smallest absolute Gasteiger partial charge is 0.235 e. The molecule has 0 aliphatic heterocycles. The van der Waals surface area contributed by atoms with E-state index in [0.29, 0.717) is 22.6 Å². The van der Waals surface area contributed by atoms with Gasteiger partial charge in [0, 0.05) is 22.3 Å². The third-order valence-corrected chi connectivity index (χ3v) is 12.6. The highest BCUT2D eigenvalue weighted by Crippen LogP contribution is 2.41. The van der Waals surface area contributed by atoms with E-state index in [9.17, 15) is 0 Å². The molecule has 3 aromatic rings. The molecule has 2 aromatic heterocycles. The maximum absolute atomic E-state index is 4.49. The lowest BCUT2D eigenvalue weighted by molar-refractivity contribution is 0.838. The first kappa shape index (κ1) is 20.8. The van der Waals surface area contributed by atoms with Crippen LogP contribution in [0, 0.1) is 11.5 Å². The van der Waals surface area contributed by atoms with E-state index in [1.165, 1.54) is 0 Å². The van der Waals surface area contributed by atoms with E-state index in [1.54, 1.807) is 12.4 Å². The van der Waals surface area contributed by atoms with Crippen molar-refractivity contribution >= 4 is 34.9 Å². The molecule has 0 N–H and O–H groups in total. The predicted molar refractivity (Wildman–Crippen MR) is 124 cm³/mol. The van der Waals surface area contributed by atoms with Crippen LogP contribution in [0.3, 0.4) is 0 Å².